The van der Waals surface area contributed by atoms with Crippen LogP contribution < -0.4 is 0 Å². The van der Waals surface area contributed by atoms with Gasteiger partial charge in [-0.15, -0.1) is 11.6 Å². The molecule has 0 saturated heterocycles. The predicted octanol–water partition coefficient (Wildman–Crippen LogP) is 4.48. The highest BCUT2D eigenvalue weighted by atomic mass is 35.5. The Morgan fingerprint density at radius 1 is 1.18 bits per heavy atom. The van der Waals surface area contributed by atoms with Crippen LogP contribution in [0.5, 0.6) is 0 Å². The van der Waals surface area contributed by atoms with Gasteiger partial charge in [0, 0.05) is 10.6 Å². The van der Waals surface area contributed by atoms with Gasteiger partial charge in [0.25, 0.3) is 0 Å². The van der Waals surface area contributed by atoms with E-state index < -0.39 is 0 Å². The van der Waals surface area contributed by atoms with Crippen molar-refractivity contribution in [3.05, 3.63) is 45.7 Å². The fourth-order valence-electron chi connectivity index (χ4n) is 1.64. The van der Waals surface area contributed by atoms with Crippen molar-refractivity contribution >= 4 is 34.8 Å². The Morgan fingerprint density at radius 2 is 1.82 bits per heavy atom. The molecule has 2 rings (SSSR count). The van der Waals surface area contributed by atoms with Gasteiger partial charge in [0.2, 0.25) is 0 Å². The predicted molar refractivity (Wildman–Crippen MR) is 72.5 cm³/mol. The molecule has 5 heteroatoms. The van der Waals surface area contributed by atoms with Crippen molar-refractivity contribution in [1.82, 2.24) is 9.78 Å². The fourth-order valence-corrected chi connectivity index (χ4v) is 2.43. The number of alkyl halides is 1. The standard InChI is InChI=1S/C12H11Cl3N2/c1-2-11-10(7-13)12(15)17(16-11)9-5-3-8(14)4-6-9/h3-6H,2,7H2,1H3. The molecule has 0 spiro atoms. The molecular formula is C12H11Cl3N2. The lowest BCUT2D eigenvalue weighted by Gasteiger charge is -2.02. The van der Waals surface area contributed by atoms with Gasteiger partial charge >= 0.3 is 0 Å². The Morgan fingerprint density at radius 3 is 2.29 bits per heavy atom. The second-order valence-electron chi connectivity index (χ2n) is 3.59. The normalized spacial score (nSPS) is 10.8. The summed E-state index contributed by atoms with van der Waals surface area (Å²) in [7, 11) is 0. The zero-order valence-electron chi connectivity index (χ0n) is 9.25. The molecule has 2 aromatic rings. The Balaban J connectivity index is 2.52. The molecule has 0 amide bonds. The molecule has 0 radical (unpaired) electrons. The summed E-state index contributed by atoms with van der Waals surface area (Å²) in [5.74, 6) is 0.371. The van der Waals surface area contributed by atoms with Gasteiger partial charge in [-0.3, -0.25) is 0 Å². The Bertz CT molecular complexity index is 517. The van der Waals surface area contributed by atoms with Gasteiger partial charge in [0.1, 0.15) is 5.15 Å². The van der Waals surface area contributed by atoms with Crippen LogP contribution in [-0.2, 0) is 12.3 Å². The molecule has 0 aliphatic heterocycles. The lowest BCUT2D eigenvalue weighted by molar-refractivity contribution is 0.841. The van der Waals surface area contributed by atoms with E-state index in [2.05, 4.69) is 5.10 Å². The first-order valence-corrected chi connectivity index (χ1v) is 6.54. The quantitative estimate of drug-likeness (QED) is 0.762. The minimum atomic E-state index is 0.371. The van der Waals surface area contributed by atoms with Gasteiger partial charge in [-0.1, -0.05) is 30.1 Å². The molecule has 0 atom stereocenters. The van der Waals surface area contributed by atoms with Crippen LogP contribution in [0.25, 0.3) is 5.69 Å². The Labute approximate surface area is 115 Å². The van der Waals surface area contributed by atoms with Crippen LogP contribution in [0.15, 0.2) is 24.3 Å². The van der Waals surface area contributed by atoms with Crippen LogP contribution in [0.2, 0.25) is 10.2 Å². The molecule has 1 aromatic carbocycles. The van der Waals surface area contributed by atoms with Gasteiger partial charge < -0.3 is 0 Å². The zero-order chi connectivity index (χ0) is 12.4. The number of aryl methyl sites for hydroxylation is 1. The lowest BCUT2D eigenvalue weighted by Crippen LogP contribution is -1.96. The average molecular weight is 290 g/mol. The minimum absolute atomic E-state index is 0.371. The maximum atomic E-state index is 6.27. The van der Waals surface area contributed by atoms with Gasteiger partial charge in [-0.2, -0.15) is 5.10 Å². The number of aromatic nitrogens is 2. The summed E-state index contributed by atoms with van der Waals surface area (Å²) in [4.78, 5) is 0. The first kappa shape index (κ1) is 12.7. The molecule has 0 unspecified atom stereocenters. The molecular weight excluding hydrogens is 279 g/mol. The van der Waals surface area contributed by atoms with E-state index in [-0.39, 0.29) is 0 Å². The molecule has 2 nitrogen and oxygen atoms in total. The number of hydrogen-bond acceptors (Lipinski definition) is 1. The summed E-state index contributed by atoms with van der Waals surface area (Å²) < 4.78 is 1.69. The van der Waals surface area contributed by atoms with E-state index in [0.717, 1.165) is 23.4 Å². The highest BCUT2D eigenvalue weighted by molar-refractivity contribution is 6.31. The first-order valence-electron chi connectivity index (χ1n) is 5.25. The van der Waals surface area contributed by atoms with Crippen LogP contribution in [0.3, 0.4) is 0 Å². The topological polar surface area (TPSA) is 17.8 Å². The molecule has 90 valence electrons. The lowest BCUT2D eigenvalue weighted by atomic mass is 10.2. The second kappa shape index (κ2) is 5.30. The summed E-state index contributed by atoms with van der Waals surface area (Å²) in [5, 5.41) is 5.71. The third-order valence-corrected chi connectivity index (χ3v) is 3.45. The average Bonchev–Trinajstić information content (AvgIpc) is 2.66. The van der Waals surface area contributed by atoms with Gasteiger partial charge in [-0.25, -0.2) is 4.68 Å². The van der Waals surface area contributed by atoms with E-state index >= 15 is 0 Å². The van der Waals surface area contributed by atoms with E-state index in [0.29, 0.717) is 16.1 Å². The van der Waals surface area contributed by atoms with E-state index in [4.69, 9.17) is 34.8 Å². The molecule has 0 fully saturated rings. The highest BCUT2D eigenvalue weighted by Gasteiger charge is 2.15. The van der Waals surface area contributed by atoms with Crippen molar-refractivity contribution in [3.63, 3.8) is 0 Å². The molecule has 0 aliphatic carbocycles. The summed E-state index contributed by atoms with van der Waals surface area (Å²) in [6.07, 6.45) is 0.808. The molecule has 1 aromatic heterocycles. The van der Waals surface area contributed by atoms with Crippen molar-refractivity contribution in [2.75, 3.05) is 0 Å². The number of benzene rings is 1. The van der Waals surface area contributed by atoms with Crippen molar-refractivity contribution in [1.29, 1.82) is 0 Å². The number of nitrogens with zero attached hydrogens (tertiary/aromatic N) is 2. The second-order valence-corrected chi connectivity index (χ2v) is 4.65. The van der Waals surface area contributed by atoms with Crippen LogP contribution >= 0.6 is 34.8 Å². The molecule has 17 heavy (non-hydrogen) atoms. The summed E-state index contributed by atoms with van der Waals surface area (Å²) in [5.41, 5.74) is 2.70. The molecule has 1 heterocycles. The summed E-state index contributed by atoms with van der Waals surface area (Å²) in [6, 6.07) is 7.36. The zero-order valence-corrected chi connectivity index (χ0v) is 11.5. The number of hydrogen-bond donors (Lipinski definition) is 0. The van der Waals surface area contributed by atoms with E-state index in [9.17, 15) is 0 Å². The van der Waals surface area contributed by atoms with Crippen LogP contribution in [0, 0.1) is 0 Å². The van der Waals surface area contributed by atoms with Crippen LogP contribution in [0.4, 0.5) is 0 Å². The van der Waals surface area contributed by atoms with Crippen molar-refractivity contribution < 1.29 is 0 Å². The molecule has 0 saturated carbocycles. The van der Waals surface area contributed by atoms with E-state index in [1.807, 2.05) is 19.1 Å². The molecule has 0 aliphatic rings. The van der Waals surface area contributed by atoms with Crippen LogP contribution in [0.1, 0.15) is 18.2 Å². The van der Waals surface area contributed by atoms with E-state index in [1.54, 1.807) is 16.8 Å². The monoisotopic (exact) mass is 288 g/mol. The highest BCUT2D eigenvalue weighted by Crippen LogP contribution is 2.26. The molecule has 0 bridgehead atoms. The van der Waals surface area contributed by atoms with E-state index in [1.165, 1.54) is 0 Å². The minimum Gasteiger partial charge on any atom is -0.222 e. The molecule has 0 N–H and O–H groups in total. The van der Waals surface area contributed by atoms with Gasteiger partial charge in [0.15, 0.2) is 0 Å². The first-order chi connectivity index (χ1) is 8.17. The fraction of sp³-hybridized carbons (Fsp3) is 0.250. The van der Waals surface area contributed by atoms with Crippen molar-refractivity contribution in [2.45, 2.75) is 19.2 Å². The van der Waals surface area contributed by atoms with Crippen LogP contribution in [-0.4, -0.2) is 9.78 Å². The van der Waals surface area contributed by atoms with Gasteiger partial charge in [-0.05, 0) is 30.7 Å². The largest absolute Gasteiger partial charge is 0.222 e. The van der Waals surface area contributed by atoms with Crippen molar-refractivity contribution in [3.8, 4) is 5.69 Å². The maximum Gasteiger partial charge on any atom is 0.137 e. The third-order valence-electron chi connectivity index (χ3n) is 2.54. The Hall–Kier alpha value is -0.700. The Kier molecular flexibility index (Phi) is 3.97. The van der Waals surface area contributed by atoms with Gasteiger partial charge in [0.05, 0.1) is 17.3 Å². The van der Waals surface area contributed by atoms with Crippen molar-refractivity contribution in [2.24, 2.45) is 0 Å². The third kappa shape index (κ3) is 2.44. The summed E-state index contributed by atoms with van der Waals surface area (Å²) in [6.45, 7) is 2.03. The SMILES string of the molecule is CCc1nn(-c2ccc(Cl)cc2)c(Cl)c1CCl. The number of halogens is 3. The number of rotatable bonds is 3. The smallest absolute Gasteiger partial charge is 0.137 e. The summed E-state index contributed by atoms with van der Waals surface area (Å²) >= 11 is 18.0. The maximum absolute atomic E-state index is 6.27.